The van der Waals surface area contributed by atoms with E-state index in [4.69, 9.17) is 0 Å². The Bertz CT molecular complexity index is 5330. The number of aromatic nitrogens is 3. The van der Waals surface area contributed by atoms with Gasteiger partial charge in [0.05, 0.1) is 33.1 Å². The Morgan fingerprint density at radius 1 is 0.191 bits per heavy atom. The van der Waals surface area contributed by atoms with Gasteiger partial charge in [0.25, 0.3) is 0 Å². The van der Waals surface area contributed by atoms with E-state index < -0.39 is 16.1 Å². The van der Waals surface area contributed by atoms with Crippen LogP contribution in [0.3, 0.4) is 0 Å². The molecule has 0 atom stereocenters. The number of hydrogen-bond donors (Lipinski definition) is 0. The van der Waals surface area contributed by atoms with Crippen LogP contribution in [0.25, 0.3) is 93.6 Å². The van der Waals surface area contributed by atoms with Crippen molar-refractivity contribution < 1.29 is 0 Å². The van der Waals surface area contributed by atoms with Gasteiger partial charge in [-0.05, 0) is 125 Å². The van der Waals surface area contributed by atoms with E-state index in [-0.39, 0.29) is 0 Å². The molecule has 0 aliphatic heterocycles. The quantitative estimate of drug-likeness (QED) is 0.0855. The maximum atomic E-state index is 2.59. The largest absolute Gasteiger partial charge is 0.309 e. The van der Waals surface area contributed by atoms with Crippen LogP contribution in [0.5, 0.6) is 0 Å². The molecule has 0 saturated heterocycles. The molecule has 0 bridgehead atoms. The van der Waals surface area contributed by atoms with Crippen LogP contribution in [0.1, 0.15) is 0 Å². The van der Waals surface area contributed by atoms with E-state index in [1.807, 2.05) is 0 Å². The van der Waals surface area contributed by atoms with Crippen LogP contribution in [0.4, 0.5) is 0 Å². The van der Waals surface area contributed by atoms with Crippen molar-refractivity contribution in [2.75, 3.05) is 0 Å². The first-order valence-corrected chi connectivity index (χ1v) is 34.8. The molecule has 17 rings (SSSR count). The Morgan fingerprint density at radius 2 is 0.573 bits per heavy atom. The second-order valence-electron chi connectivity index (χ2n) is 23.5. The van der Waals surface area contributed by atoms with Crippen molar-refractivity contribution in [1.29, 1.82) is 0 Å². The Morgan fingerprint density at radius 3 is 1.17 bits per heavy atom. The van der Waals surface area contributed by atoms with Crippen molar-refractivity contribution in [2.24, 2.45) is 0 Å². The molecule has 0 fully saturated rings. The molecule has 17 aromatic rings. The standard InChI is InChI=1S/C84H59N3Si2/c1-8-29-60(30-9-1)71-47-27-50-80-83(71)73-46-23-25-49-77(73)87(80)63-53-55-79-75(58-63)84-81(51-28-52-82(84)89(66-38-16-5-17-39-66,67-40-18-6-19-41-67)68-42-20-7-21-43-68)86(79)62-33-26-44-69(57-62)88(64-34-12-3-13-35-64,65-36-14-4-15-37-65)70-54-56-78-74(59-70)72-45-22-24-48-76(72)85(78)61-31-10-2-11-32-61/h1-59H. The van der Waals surface area contributed by atoms with Gasteiger partial charge in [-0.25, -0.2) is 0 Å². The lowest BCUT2D eigenvalue weighted by Crippen LogP contribution is -2.74. The Balaban J connectivity index is 0.978. The van der Waals surface area contributed by atoms with Gasteiger partial charge < -0.3 is 13.7 Å². The highest BCUT2D eigenvalue weighted by molar-refractivity contribution is 7.21. The van der Waals surface area contributed by atoms with Crippen molar-refractivity contribution in [3.05, 3.63) is 358 Å². The number of para-hydroxylation sites is 3. The molecule has 0 amide bonds. The van der Waals surface area contributed by atoms with Crippen molar-refractivity contribution in [2.45, 2.75) is 0 Å². The molecule has 3 heterocycles. The average Bonchev–Trinajstić information content (AvgIpc) is 1.76. The molecule has 0 N–H and O–H groups in total. The van der Waals surface area contributed by atoms with Crippen molar-refractivity contribution >= 4 is 123 Å². The van der Waals surface area contributed by atoms with Crippen molar-refractivity contribution in [1.82, 2.24) is 13.7 Å². The summed E-state index contributed by atoms with van der Waals surface area (Å²) in [4.78, 5) is 0. The van der Waals surface area contributed by atoms with Gasteiger partial charge in [0.15, 0.2) is 16.1 Å². The number of fused-ring (bicyclic) bond motifs is 9. The van der Waals surface area contributed by atoms with Gasteiger partial charge >= 0.3 is 0 Å². The summed E-state index contributed by atoms with van der Waals surface area (Å²) in [7, 11) is -6.31. The van der Waals surface area contributed by atoms with E-state index in [9.17, 15) is 0 Å². The summed E-state index contributed by atoms with van der Waals surface area (Å²) >= 11 is 0. The summed E-state index contributed by atoms with van der Waals surface area (Å²) in [6, 6.07) is 135. The third-order valence-electron chi connectivity index (χ3n) is 18.9. The zero-order chi connectivity index (χ0) is 58.9. The molecule has 3 aromatic heterocycles. The van der Waals surface area contributed by atoms with Crippen molar-refractivity contribution in [3.63, 3.8) is 0 Å². The van der Waals surface area contributed by atoms with E-state index in [0.717, 1.165) is 22.6 Å². The summed E-state index contributed by atoms with van der Waals surface area (Å²) in [6.45, 7) is 0. The summed E-state index contributed by atoms with van der Waals surface area (Å²) in [5.41, 5.74) is 12.9. The van der Waals surface area contributed by atoms with Gasteiger partial charge in [0.1, 0.15) is 0 Å². The summed E-state index contributed by atoms with van der Waals surface area (Å²) in [5.74, 6) is 0. The first-order valence-electron chi connectivity index (χ1n) is 30.8. The van der Waals surface area contributed by atoms with Gasteiger partial charge in [-0.15, -0.1) is 0 Å². The Hall–Kier alpha value is -11.1. The normalized spacial score (nSPS) is 12.0. The molecule has 0 radical (unpaired) electrons. The van der Waals surface area contributed by atoms with Gasteiger partial charge in [-0.2, -0.15) is 0 Å². The topological polar surface area (TPSA) is 14.8 Å². The molecule has 0 spiro atoms. The maximum Gasteiger partial charge on any atom is 0.180 e. The summed E-state index contributed by atoms with van der Waals surface area (Å²) in [5, 5.41) is 18.1. The van der Waals surface area contributed by atoms with E-state index in [0.29, 0.717) is 0 Å². The lowest BCUT2D eigenvalue weighted by Gasteiger charge is -2.35. The predicted octanol–water partition coefficient (Wildman–Crippen LogP) is 15.4. The smallest absolute Gasteiger partial charge is 0.180 e. The molecule has 89 heavy (non-hydrogen) atoms. The zero-order valence-electron chi connectivity index (χ0n) is 48.9. The number of benzene rings is 14. The van der Waals surface area contributed by atoms with E-state index in [1.54, 1.807) is 0 Å². The van der Waals surface area contributed by atoms with Crippen LogP contribution >= 0.6 is 0 Å². The fourth-order valence-corrected chi connectivity index (χ4v) is 25.1. The molecule has 0 aliphatic rings. The van der Waals surface area contributed by atoms with Crippen LogP contribution < -0.4 is 41.5 Å². The molecule has 3 nitrogen and oxygen atoms in total. The third-order valence-corrected chi connectivity index (χ3v) is 28.5. The highest BCUT2D eigenvalue weighted by Crippen LogP contribution is 2.41. The maximum absolute atomic E-state index is 3.17. The molecule has 0 aliphatic carbocycles. The lowest BCUT2D eigenvalue weighted by atomic mass is 9.99. The molecule has 0 saturated carbocycles. The Labute approximate surface area is 519 Å². The fourth-order valence-electron chi connectivity index (χ4n) is 15.3. The minimum atomic E-state index is -3.17. The van der Waals surface area contributed by atoms with E-state index in [1.165, 1.54) is 113 Å². The average molecular weight is 1170 g/mol. The first kappa shape index (κ1) is 52.3. The van der Waals surface area contributed by atoms with Gasteiger partial charge in [-0.3, -0.25) is 0 Å². The SMILES string of the molecule is c1ccc(-c2cccc3c2c2ccccc2n3-c2ccc3c(c2)c2c([Si](c4ccccc4)(c4ccccc4)c4ccccc4)cccc2n3-c2cccc([Si](c3ccccc3)(c3ccccc3)c3ccc4c(c3)c3ccccc3n4-c3ccccc3)c2)cc1. The van der Waals surface area contributed by atoms with Gasteiger partial charge in [-0.1, -0.05) is 285 Å². The molecule has 14 aromatic carbocycles. The number of rotatable bonds is 12. The Kier molecular flexibility index (Phi) is 12.6. The number of nitrogens with zero attached hydrogens (tertiary/aromatic N) is 3. The van der Waals surface area contributed by atoms with Crippen LogP contribution in [0.15, 0.2) is 358 Å². The second kappa shape index (κ2) is 21.4. The van der Waals surface area contributed by atoms with Gasteiger partial charge in [0, 0.05) is 49.4 Å². The lowest BCUT2D eigenvalue weighted by molar-refractivity contribution is 1.17. The molecular formula is C84H59N3Si2. The first-order chi connectivity index (χ1) is 44.2. The molecule has 0 unspecified atom stereocenters. The second-order valence-corrected chi connectivity index (χ2v) is 31.0. The molecular weight excluding hydrogens is 1110 g/mol. The minimum Gasteiger partial charge on any atom is -0.309 e. The highest BCUT2D eigenvalue weighted by atomic mass is 28.3. The monoisotopic (exact) mass is 1170 g/mol. The summed E-state index contributed by atoms with van der Waals surface area (Å²) < 4.78 is 7.53. The van der Waals surface area contributed by atoms with Crippen molar-refractivity contribution in [3.8, 4) is 28.2 Å². The van der Waals surface area contributed by atoms with Crippen LogP contribution in [-0.2, 0) is 0 Å². The predicted molar refractivity (Wildman–Crippen MR) is 382 cm³/mol. The molecule has 418 valence electrons. The minimum absolute atomic E-state index is 1.12. The zero-order valence-corrected chi connectivity index (χ0v) is 50.9. The van der Waals surface area contributed by atoms with Crippen LogP contribution in [0, 0.1) is 0 Å². The fraction of sp³-hybridized carbons (Fsp3) is 0. The van der Waals surface area contributed by atoms with E-state index in [2.05, 4.69) is 372 Å². The highest BCUT2D eigenvalue weighted by Gasteiger charge is 2.45. The number of hydrogen-bond acceptors (Lipinski definition) is 0. The van der Waals surface area contributed by atoms with Crippen LogP contribution in [-0.4, -0.2) is 29.8 Å². The van der Waals surface area contributed by atoms with Crippen LogP contribution in [0.2, 0.25) is 0 Å². The van der Waals surface area contributed by atoms with Gasteiger partial charge in [0.2, 0.25) is 0 Å². The van der Waals surface area contributed by atoms with E-state index >= 15 is 0 Å². The third kappa shape index (κ3) is 8.10. The molecule has 5 heteroatoms. The summed E-state index contributed by atoms with van der Waals surface area (Å²) in [6.07, 6.45) is 0.